The van der Waals surface area contributed by atoms with Crippen LogP contribution in [0.3, 0.4) is 0 Å². The minimum absolute atomic E-state index is 0.0873. The molecule has 0 bridgehead atoms. The topological polar surface area (TPSA) is 66.5 Å². The van der Waals surface area contributed by atoms with Crippen LogP contribution in [-0.4, -0.2) is 14.3 Å². The number of carbonyl (C=O) groups is 1. The summed E-state index contributed by atoms with van der Waals surface area (Å²) in [5.41, 5.74) is 4.15. The lowest BCUT2D eigenvalue weighted by atomic mass is 9.98. The maximum Gasteiger partial charge on any atom is 0.264 e. The Morgan fingerprint density at radius 2 is 1.42 bits per heavy atom. The largest absolute Gasteiger partial charge is 0.321 e. The zero-order chi connectivity index (χ0) is 25.7. The standard InChI is InChI=1S/C30H30N2O3S/c1-22(2)26-19-12-13-23(3)29(26)31-30(33)27-18-10-11-20-28(27)32(21-24-14-6-4-7-15-24)36(34,35)25-16-8-5-9-17-25/h4-20,22H,21H2,1-3H3,(H,31,33). The average Bonchev–Trinajstić information content (AvgIpc) is 2.89. The summed E-state index contributed by atoms with van der Waals surface area (Å²) in [6, 6.07) is 30.4. The summed E-state index contributed by atoms with van der Waals surface area (Å²) < 4.78 is 29.0. The molecule has 0 spiro atoms. The van der Waals surface area contributed by atoms with Crippen LogP contribution in [0.2, 0.25) is 0 Å². The quantitative estimate of drug-likeness (QED) is 0.292. The molecule has 0 unspecified atom stereocenters. The molecule has 0 fully saturated rings. The van der Waals surface area contributed by atoms with Crippen molar-refractivity contribution in [1.29, 1.82) is 0 Å². The lowest BCUT2D eigenvalue weighted by Crippen LogP contribution is -2.32. The maximum absolute atomic E-state index is 13.9. The monoisotopic (exact) mass is 498 g/mol. The number of nitrogens with one attached hydrogen (secondary N) is 1. The second-order valence-electron chi connectivity index (χ2n) is 8.98. The van der Waals surface area contributed by atoms with Gasteiger partial charge in [-0.15, -0.1) is 0 Å². The van der Waals surface area contributed by atoms with Crippen molar-refractivity contribution in [1.82, 2.24) is 0 Å². The highest BCUT2D eigenvalue weighted by atomic mass is 32.2. The molecule has 0 saturated heterocycles. The van der Waals surface area contributed by atoms with Crippen molar-refractivity contribution in [3.63, 3.8) is 0 Å². The molecule has 0 heterocycles. The first kappa shape index (κ1) is 25.2. The van der Waals surface area contributed by atoms with Gasteiger partial charge < -0.3 is 5.32 Å². The molecule has 0 saturated carbocycles. The van der Waals surface area contributed by atoms with Crippen LogP contribution >= 0.6 is 0 Å². The van der Waals surface area contributed by atoms with Gasteiger partial charge in [0.1, 0.15) is 0 Å². The van der Waals surface area contributed by atoms with Gasteiger partial charge in [0.15, 0.2) is 0 Å². The summed E-state index contributed by atoms with van der Waals surface area (Å²) in [6.45, 7) is 6.19. The van der Waals surface area contributed by atoms with Crippen molar-refractivity contribution in [2.75, 3.05) is 9.62 Å². The van der Waals surface area contributed by atoms with E-state index in [2.05, 4.69) is 19.2 Å². The van der Waals surface area contributed by atoms with Gasteiger partial charge in [0, 0.05) is 5.69 Å². The van der Waals surface area contributed by atoms with E-state index in [0.29, 0.717) is 5.69 Å². The summed E-state index contributed by atoms with van der Waals surface area (Å²) >= 11 is 0. The number of anilines is 2. The highest BCUT2D eigenvalue weighted by Crippen LogP contribution is 2.32. The first-order chi connectivity index (χ1) is 17.3. The van der Waals surface area contributed by atoms with Gasteiger partial charge in [-0.05, 0) is 53.8 Å². The van der Waals surface area contributed by atoms with Crippen molar-refractivity contribution in [2.24, 2.45) is 0 Å². The minimum Gasteiger partial charge on any atom is -0.321 e. The predicted octanol–water partition coefficient (Wildman–Crippen LogP) is 6.77. The van der Waals surface area contributed by atoms with Crippen LogP contribution in [0.4, 0.5) is 11.4 Å². The van der Waals surface area contributed by atoms with Gasteiger partial charge in [-0.25, -0.2) is 8.42 Å². The second kappa shape index (κ2) is 10.8. The number of aryl methyl sites for hydroxylation is 1. The first-order valence-corrected chi connectivity index (χ1v) is 13.3. The molecule has 4 aromatic carbocycles. The Kier molecular flexibility index (Phi) is 7.55. The minimum atomic E-state index is -3.96. The summed E-state index contributed by atoms with van der Waals surface area (Å²) in [5, 5.41) is 3.07. The molecule has 0 aliphatic carbocycles. The number of hydrogen-bond acceptors (Lipinski definition) is 3. The van der Waals surface area contributed by atoms with Gasteiger partial charge in [0.25, 0.3) is 15.9 Å². The van der Waals surface area contributed by atoms with Crippen LogP contribution in [0, 0.1) is 6.92 Å². The SMILES string of the molecule is Cc1cccc(C(C)C)c1NC(=O)c1ccccc1N(Cc1ccccc1)S(=O)(=O)c1ccccc1. The number of rotatable bonds is 8. The van der Waals surface area contributed by atoms with Gasteiger partial charge in [-0.2, -0.15) is 0 Å². The van der Waals surface area contributed by atoms with Crippen LogP contribution in [0.5, 0.6) is 0 Å². The number of carbonyl (C=O) groups excluding carboxylic acids is 1. The van der Waals surface area contributed by atoms with Gasteiger partial charge in [0.2, 0.25) is 0 Å². The number of hydrogen-bond donors (Lipinski definition) is 1. The van der Waals surface area contributed by atoms with Gasteiger partial charge in [-0.1, -0.05) is 92.7 Å². The van der Waals surface area contributed by atoms with E-state index in [1.165, 1.54) is 4.31 Å². The van der Waals surface area contributed by atoms with Crippen LogP contribution in [0.1, 0.15) is 46.8 Å². The van der Waals surface area contributed by atoms with E-state index in [1.54, 1.807) is 54.6 Å². The third-order valence-corrected chi connectivity index (χ3v) is 7.86. The van der Waals surface area contributed by atoms with Crippen LogP contribution in [0.25, 0.3) is 0 Å². The van der Waals surface area contributed by atoms with E-state index in [4.69, 9.17) is 0 Å². The van der Waals surface area contributed by atoms with Crippen LogP contribution < -0.4 is 9.62 Å². The molecule has 36 heavy (non-hydrogen) atoms. The first-order valence-electron chi connectivity index (χ1n) is 11.9. The number of sulfonamides is 1. The Labute approximate surface area is 213 Å². The predicted molar refractivity (Wildman–Crippen MR) is 146 cm³/mol. The van der Waals surface area contributed by atoms with E-state index in [0.717, 1.165) is 22.4 Å². The molecule has 184 valence electrons. The fourth-order valence-corrected chi connectivity index (χ4v) is 5.67. The van der Waals surface area contributed by atoms with Gasteiger partial charge in [-0.3, -0.25) is 9.10 Å². The molecule has 0 atom stereocenters. The number of amides is 1. The second-order valence-corrected chi connectivity index (χ2v) is 10.8. The number of benzene rings is 4. The Bertz CT molecular complexity index is 1450. The van der Waals surface area contributed by atoms with Crippen molar-refractivity contribution in [3.05, 3.63) is 125 Å². The zero-order valence-electron chi connectivity index (χ0n) is 20.7. The zero-order valence-corrected chi connectivity index (χ0v) is 21.5. The highest BCUT2D eigenvalue weighted by molar-refractivity contribution is 7.92. The molecule has 0 aromatic heterocycles. The van der Waals surface area contributed by atoms with E-state index in [1.807, 2.05) is 55.5 Å². The summed E-state index contributed by atoms with van der Waals surface area (Å²) in [6.07, 6.45) is 0. The third-order valence-electron chi connectivity index (χ3n) is 6.08. The maximum atomic E-state index is 13.9. The molecule has 0 aliphatic heterocycles. The Morgan fingerprint density at radius 3 is 2.08 bits per heavy atom. The summed E-state index contributed by atoms with van der Waals surface area (Å²) in [7, 11) is -3.96. The lowest BCUT2D eigenvalue weighted by Gasteiger charge is -2.27. The van der Waals surface area contributed by atoms with Crippen LogP contribution in [0.15, 0.2) is 108 Å². The Balaban J connectivity index is 1.81. The Morgan fingerprint density at radius 1 is 0.806 bits per heavy atom. The van der Waals surface area contributed by atoms with Crippen molar-refractivity contribution >= 4 is 27.3 Å². The van der Waals surface area contributed by atoms with Gasteiger partial charge >= 0.3 is 0 Å². The fraction of sp³-hybridized carbons (Fsp3) is 0.167. The van der Waals surface area contributed by atoms with Crippen molar-refractivity contribution in [2.45, 2.75) is 38.1 Å². The number of para-hydroxylation sites is 2. The van der Waals surface area contributed by atoms with E-state index >= 15 is 0 Å². The summed E-state index contributed by atoms with van der Waals surface area (Å²) in [5.74, 6) is -0.147. The van der Waals surface area contributed by atoms with E-state index in [-0.39, 0.29) is 28.8 Å². The van der Waals surface area contributed by atoms with E-state index in [9.17, 15) is 13.2 Å². The molecule has 0 radical (unpaired) electrons. The van der Waals surface area contributed by atoms with Crippen LogP contribution in [-0.2, 0) is 16.6 Å². The molecular weight excluding hydrogens is 468 g/mol. The van der Waals surface area contributed by atoms with Crippen molar-refractivity contribution < 1.29 is 13.2 Å². The molecule has 1 amide bonds. The number of nitrogens with zero attached hydrogens (tertiary/aromatic N) is 1. The molecule has 6 heteroatoms. The molecule has 4 rings (SSSR count). The molecular formula is C30H30N2O3S. The lowest BCUT2D eigenvalue weighted by molar-refractivity contribution is 0.102. The molecule has 0 aliphatic rings. The third kappa shape index (κ3) is 5.34. The van der Waals surface area contributed by atoms with E-state index < -0.39 is 10.0 Å². The van der Waals surface area contributed by atoms with Crippen molar-refractivity contribution in [3.8, 4) is 0 Å². The highest BCUT2D eigenvalue weighted by Gasteiger charge is 2.29. The molecule has 5 nitrogen and oxygen atoms in total. The Hall–Kier alpha value is -3.90. The normalized spacial score (nSPS) is 11.3. The van der Waals surface area contributed by atoms with Gasteiger partial charge in [0.05, 0.1) is 22.7 Å². The summed E-state index contributed by atoms with van der Waals surface area (Å²) in [4.78, 5) is 13.8. The molecule has 1 N–H and O–H groups in total. The average molecular weight is 499 g/mol. The smallest absolute Gasteiger partial charge is 0.264 e. The molecule has 4 aromatic rings. The fourth-order valence-electron chi connectivity index (χ4n) is 4.17.